The maximum Gasteiger partial charge on any atom is 0.0805 e. The Kier molecular flexibility index (Phi) is 5.79. The second-order valence-electron chi connectivity index (χ2n) is 5.00. The van der Waals surface area contributed by atoms with E-state index in [1.807, 2.05) is 30.3 Å². The highest BCUT2D eigenvalue weighted by Crippen LogP contribution is 2.22. The molecule has 0 amide bonds. The first-order chi connectivity index (χ1) is 9.31. The van der Waals surface area contributed by atoms with Crippen LogP contribution >= 0.6 is 0 Å². The SMILES string of the molecule is OCCCN1CCOCC1CC(O)c1ccccc1. The molecule has 4 nitrogen and oxygen atoms in total. The van der Waals surface area contributed by atoms with Gasteiger partial charge in [0.1, 0.15) is 0 Å². The van der Waals surface area contributed by atoms with Crippen LogP contribution in [-0.2, 0) is 4.74 Å². The van der Waals surface area contributed by atoms with Gasteiger partial charge >= 0.3 is 0 Å². The normalized spacial score (nSPS) is 22.3. The topological polar surface area (TPSA) is 52.9 Å². The van der Waals surface area contributed by atoms with Gasteiger partial charge in [-0.15, -0.1) is 0 Å². The van der Waals surface area contributed by atoms with E-state index in [-0.39, 0.29) is 12.6 Å². The third-order valence-corrected chi connectivity index (χ3v) is 3.63. The van der Waals surface area contributed by atoms with E-state index in [1.165, 1.54) is 0 Å². The maximum atomic E-state index is 10.3. The lowest BCUT2D eigenvalue weighted by molar-refractivity contribution is -0.0277. The molecule has 1 aromatic carbocycles. The average Bonchev–Trinajstić information content (AvgIpc) is 2.47. The van der Waals surface area contributed by atoms with E-state index in [4.69, 9.17) is 9.84 Å². The van der Waals surface area contributed by atoms with Gasteiger partial charge in [0.2, 0.25) is 0 Å². The van der Waals surface area contributed by atoms with Gasteiger partial charge in [0, 0.05) is 25.7 Å². The number of aliphatic hydroxyl groups excluding tert-OH is 2. The van der Waals surface area contributed by atoms with E-state index in [2.05, 4.69) is 4.90 Å². The first kappa shape index (κ1) is 14.5. The number of benzene rings is 1. The number of aliphatic hydroxyl groups is 2. The van der Waals surface area contributed by atoms with Crippen molar-refractivity contribution in [1.82, 2.24) is 4.90 Å². The molecule has 1 heterocycles. The summed E-state index contributed by atoms with van der Waals surface area (Å²) in [5, 5.41) is 19.2. The maximum absolute atomic E-state index is 10.3. The molecular weight excluding hydrogens is 242 g/mol. The summed E-state index contributed by atoms with van der Waals surface area (Å²) in [6.07, 6.45) is 0.998. The summed E-state index contributed by atoms with van der Waals surface area (Å²) >= 11 is 0. The highest BCUT2D eigenvalue weighted by molar-refractivity contribution is 5.17. The van der Waals surface area contributed by atoms with Gasteiger partial charge in [-0.05, 0) is 18.4 Å². The zero-order valence-electron chi connectivity index (χ0n) is 11.2. The van der Waals surface area contributed by atoms with Gasteiger partial charge < -0.3 is 14.9 Å². The minimum Gasteiger partial charge on any atom is -0.396 e. The monoisotopic (exact) mass is 265 g/mol. The molecule has 2 N–H and O–H groups in total. The molecule has 1 aliphatic rings. The third-order valence-electron chi connectivity index (χ3n) is 3.63. The number of rotatable bonds is 6. The summed E-state index contributed by atoms with van der Waals surface area (Å²) in [6.45, 7) is 3.36. The van der Waals surface area contributed by atoms with E-state index in [9.17, 15) is 5.11 Å². The van der Waals surface area contributed by atoms with Gasteiger partial charge in [0.05, 0.1) is 19.3 Å². The van der Waals surface area contributed by atoms with E-state index < -0.39 is 6.10 Å². The Hall–Kier alpha value is -0.940. The van der Waals surface area contributed by atoms with Gasteiger partial charge in [-0.3, -0.25) is 4.90 Å². The summed E-state index contributed by atoms with van der Waals surface area (Å²) in [5.41, 5.74) is 0.954. The van der Waals surface area contributed by atoms with Gasteiger partial charge in [-0.2, -0.15) is 0 Å². The number of hydrogen-bond donors (Lipinski definition) is 2. The quantitative estimate of drug-likeness (QED) is 0.811. The molecule has 106 valence electrons. The minimum absolute atomic E-state index is 0.214. The Morgan fingerprint density at radius 3 is 2.84 bits per heavy atom. The lowest BCUT2D eigenvalue weighted by Gasteiger charge is -2.36. The van der Waals surface area contributed by atoms with Crippen molar-refractivity contribution in [2.75, 3.05) is 32.9 Å². The molecule has 4 heteroatoms. The molecule has 2 unspecified atom stereocenters. The second-order valence-corrected chi connectivity index (χ2v) is 5.00. The highest BCUT2D eigenvalue weighted by Gasteiger charge is 2.25. The molecule has 0 aliphatic carbocycles. The molecule has 0 bridgehead atoms. The zero-order valence-corrected chi connectivity index (χ0v) is 11.2. The van der Waals surface area contributed by atoms with Crippen LogP contribution in [0.1, 0.15) is 24.5 Å². The molecule has 19 heavy (non-hydrogen) atoms. The van der Waals surface area contributed by atoms with Crippen LogP contribution < -0.4 is 0 Å². The Bertz CT molecular complexity index is 358. The van der Waals surface area contributed by atoms with Crippen molar-refractivity contribution in [1.29, 1.82) is 0 Å². The van der Waals surface area contributed by atoms with Crippen molar-refractivity contribution >= 4 is 0 Å². The van der Waals surface area contributed by atoms with Crippen LogP contribution in [0.4, 0.5) is 0 Å². The fourth-order valence-electron chi connectivity index (χ4n) is 2.54. The number of hydrogen-bond acceptors (Lipinski definition) is 4. The van der Waals surface area contributed by atoms with E-state index >= 15 is 0 Å². The molecule has 1 aromatic rings. The van der Waals surface area contributed by atoms with Gasteiger partial charge in [-0.1, -0.05) is 30.3 Å². The predicted octanol–water partition coefficient (Wildman–Crippen LogP) is 1.19. The molecule has 2 rings (SSSR count). The van der Waals surface area contributed by atoms with Crippen LogP contribution in [0.15, 0.2) is 30.3 Å². The van der Waals surface area contributed by atoms with Gasteiger partial charge in [0.25, 0.3) is 0 Å². The Morgan fingerprint density at radius 1 is 1.32 bits per heavy atom. The molecule has 1 aliphatic heterocycles. The predicted molar refractivity (Wildman–Crippen MR) is 73.9 cm³/mol. The van der Waals surface area contributed by atoms with Crippen LogP contribution in [0.2, 0.25) is 0 Å². The molecule has 1 saturated heterocycles. The zero-order chi connectivity index (χ0) is 13.5. The van der Waals surface area contributed by atoms with Gasteiger partial charge in [-0.25, -0.2) is 0 Å². The third kappa shape index (κ3) is 4.28. The molecule has 0 saturated carbocycles. The molecule has 0 aromatic heterocycles. The number of nitrogens with zero attached hydrogens (tertiary/aromatic N) is 1. The second kappa shape index (κ2) is 7.60. The van der Waals surface area contributed by atoms with Crippen LogP contribution in [0.25, 0.3) is 0 Å². The first-order valence-corrected chi connectivity index (χ1v) is 6.97. The lowest BCUT2D eigenvalue weighted by atomic mass is 10.0. The van der Waals surface area contributed by atoms with Crippen molar-refractivity contribution in [2.24, 2.45) is 0 Å². The fourth-order valence-corrected chi connectivity index (χ4v) is 2.54. The van der Waals surface area contributed by atoms with Gasteiger partial charge in [0.15, 0.2) is 0 Å². The minimum atomic E-state index is -0.454. The van der Waals surface area contributed by atoms with E-state index in [0.29, 0.717) is 13.0 Å². The Labute approximate surface area is 114 Å². The van der Waals surface area contributed by atoms with Crippen molar-refractivity contribution in [3.05, 3.63) is 35.9 Å². The van der Waals surface area contributed by atoms with Crippen LogP contribution in [0.5, 0.6) is 0 Å². The summed E-state index contributed by atoms with van der Waals surface area (Å²) < 4.78 is 5.51. The molecule has 2 atom stereocenters. The van der Waals surface area contributed by atoms with E-state index in [0.717, 1.165) is 31.7 Å². The largest absolute Gasteiger partial charge is 0.396 e. The van der Waals surface area contributed by atoms with Crippen LogP contribution in [-0.4, -0.2) is 54.1 Å². The average molecular weight is 265 g/mol. The highest BCUT2D eigenvalue weighted by atomic mass is 16.5. The first-order valence-electron chi connectivity index (χ1n) is 6.97. The van der Waals surface area contributed by atoms with Crippen molar-refractivity contribution in [2.45, 2.75) is 25.0 Å². The number of morpholine rings is 1. The van der Waals surface area contributed by atoms with Crippen LogP contribution in [0, 0.1) is 0 Å². The van der Waals surface area contributed by atoms with Crippen molar-refractivity contribution < 1.29 is 14.9 Å². The Morgan fingerprint density at radius 2 is 2.11 bits per heavy atom. The summed E-state index contributed by atoms with van der Waals surface area (Å²) in [6, 6.07) is 9.97. The lowest BCUT2D eigenvalue weighted by Crippen LogP contribution is -2.46. The van der Waals surface area contributed by atoms with Crippen molar-refractivity contribution in [3.8, 4) is 0 Å². The standard InChI is InChI=1S/C15H23NO3/c17-9-4-7-16-8-10-19-12-14(16)11-15(18)13-5-2-1-3-6-13/h1-3,5-6,14-15,17-18H,4,7-12H2. The summed E-state index contributed by atoms with van der Waals surface area (Å²) in [5.74, 6) is 0. The van der Waals surface area contributed by atoms with E-state index in [1.54, 1.807) is 0 Å². The molecular formula is C15H23NO3. The molecule has 1 fully saturated rings. The Balaban J connectivity index is 1.91. The van der Waals surface area contributed by atoms with Crippen molar-refractivity contribution in [3.63, 3.8) is 0 Å². The summed E-state index contributed by atoms with van der Waals surface area (Å²) in [4.78, 5) is 2.31. The fraction of sp³-hybridized carbons (Fsp3) is 0.600. The number of ether oxygens (including phenoxy) is 1. The van der Waals surface area contributed by atoms with Crippen LogP contribution in [0.3, 0.4) is 0 Å². The molecule has 0 spiro atoms. The summed E-state index contributed by atoms with van der Waals surface area (Å²) in [7, 11) is 0. The smallest absolute Gasteiger partial charge is 0.0805 e. The molecule has 0 radical (unpaired) electrons.